The zero-order valence-electron chi connectivity index (χ0n) is 40.7. The summed E-state index contributed by atoms with van der Waals surface area (Å²) < 4.78 is 2.38. The van der Waals surface area contributed by atoms with Crippen LogP contribution in [0.25, 0.3) is 71.6 Å². The second kappa shape index (κ2) is 19.6. The highest BCUT2D eigenvalue weighted by molar-refractivity contribution is 6.10. The maximum Gasteiger partial charge on any atom is 0.0541 e. The van der Waals surface area contributed by atoms with Crippen molar-refractivity contribution in [2.24, 2.45) is 0 Å². The fourth-order valence-corrected chi connectivity index (χ4v) is 10.4. The van der Waals surface area contributed by atoms with Crippen molar-refractivity contribution < 1.29 is 0 Å². The molecule has 1 aromatic heterocycles. The van der Waals surface area contributed by atoms with Crippen molar-refractivity contribution in [3.05, 3.63) is 272 Å². The minimum Gasteiger partial charge on any atom is -0.310 e. The SMILES string of the molecule is CC.Cc1ccccc1-c1cccc(N(c2ccccc2)c2cc(-c3cccc(-c4ccc5c(c4)c4ccccc4n5-c4ccccc4)c3)cc(N(c3ccccc3)c3cccc4ccccc34)c2)c1C. The zero-order valence-corrected chi connectivity index (χ0v) is 40.7. The van der Waals surface area contributed by atoms with Crippen molar-refractivity contribution in [1.82, 2.24) is 4.57 Å². The van der Waals surface area contributed by atoms with Crippen LogP contribution in [0.3, 0.4) is 0 Å². The standard InChI is InChI=1S/C66H49N3.C2H6/c1-46-21-12-14-32-58(46)59-35-20-37-63(47(59)2)67(53-26-6-3-7-27-53)56-42-52(43-57(45-56)68(54-28-8-4-9-29-54)64-38-19-23-48-22-13-15-33-60(48)64)50-25-18-24-49(41-50)51-39-40-66-62(44-51)61-34-16-17-36-65(61)69(66)55-30-10-5-11-31-55;1-2/h3-45H,1-2H3;1-2H3. The summed E-state index contributed by atoms with van der Waals surface area (Å²) in [6.07, 6.45) is 0. The van der Waals surface area contributed by atoms with Crippen LogP contribution in [0.5, 0.6) is 0 Å². The van der Waals surface area contributed by atoms with Gasteiger partial charge in [-0.3, -0.25) is 0 Å². The predicted molar refractivity (Wildman–Crippen MR) is 305 cm³/mol. The Morgan fingerprint density at radius 3 is 1.54 bits per heavy atom. The molecule has 0 radical (unpaired) electrons. The number of fused-ring (bicyclic) bond motifs is 4. The summed E-state index contributed by atoms with van der Waals surface area (Å²) in [5, 5.41) is 4.85. The Hall–Kier alpha value is -8.92. The summed E-state index contributed by atoms with van der Waals surface area (Å²) in [5.74, 6) is 0. The topological polar surface area (TPSA) is 11.4 Å². The van der Waals surface area contributed by atoms with Crippen LogP contribution in [0.1, 0.15) is 25.0 Å². The van der Waals surface area contributed by atoms with E-state index >= 15 is 0 Å². The molecule has 0 fully saturated rings. The van der Waals surface area contributed by atoms with Gasteiger partial charge in [-0.15, -0.1) is 0 Å². The van der Waals surface area contributed by atoms with Crippen molar-refractivity contribution >= 4 is 66.7 Å². The molecule has 11 aromatic carbocycles. The van der Waals surface area contributed by atoms with Gasteiger partial charge in [0.1, 0.15) is 0 Å². The molecule has 71 heavy (non-hydrogen) atoms. The van der Waals surface area contributed by atoms with E-state index in [1.807, 2.05) is 13.8 Å². The maximum absolute atomic E-state index is 2.44. The number of anilines is 6. The lowest BCUT2D eigenvalue weighted by Crippen LogP contribution is -2.15. The first kappa shape index (κ1) is 44.6. The number of hydrogen-bond acceptors (Lipinski definition) is 2. The van der Waals surface area contributed by atoms with Gasteiger partial charge in [-0.05, 0) is 155 Å². The summed E-state index contributed by atoms with van der Waals surface area (Å²) in [5.41, 5.74) is 19.6. The minimum absolute atomic E-state index is 1.05. The number of aromatic nitrogens is 1. The molecule has 0 saturated carbocycles. The Bertz CT molecular complexity index is 3810. The van der Waals surface area contributed by atoms with E-state index in [1.54, 1.807) is 0 Å². The molecule has 12 rings (SSSR count). The summed E-state index contributed by atoms with van der Waals surface area (Å²) in [6, 6.07) is 94.9. The lowest BCUT2D eigenvalue weighted by atomic mass is 9.94. The average Bonchev–Trinajstić information content (AvgIpc) is 3.77. The van der Waals surface area contributed by atoms with E-state index in [0.29, 0.717) is 0 Å². The largest absolute Gasteiger partial charge is 0.310 e. The average molecular weight is 914 g/mol. The first-order valence-corrected chi connectivity index (χ1v) is 24.8. The third-order valence-electron chi connectivity index (χ3n) is 13.7. The summed E-state index contributed by atoms with van der Waals surface area (Å²) in [6.45, 7) is 8.47. The van der Waals surface area contributed by atoms with Gasteiger partial charge in [-0.25, -0.2) is 0 Å². The molecule has 0 unspecified atom stereocenters. The molecule has 0 spiro atoms. The van der Waals surface area contributed by atoms with E-state index in [4.69, 9.17) is 0 Å². The van der Waals surface area contributed by atoms with Gasteiger partial charge in [-0.2, -0.15) is 0 Å². The fourth-order valence-electron chi connectivity index (χ4n) is 10.4. The lowest BCUT2D eigenvalue weighted by Gasteiger charge is -2.32. The van der Waals surface area contributed by atoms with Gasteiger partial charge < -0.3 is 14.4 Å². The van der Waals surface area contributed by atoms with Gasteiger partial charge in [-0.1, -0.05) is 184 Å². The lowest BCUT2D eigenvalue weighted by molar-refractivity contribution is 1.18. The molecule has 0 N–H and O–H groups in total. The molecule has 3 nitrogen and oxygen atoms in total. The highest BCUT2D eigenvalue weighted by atomic mass is 15.2. The minimum atomic E-state index is 1.05. The molecule has 0 saturated heterocycles. The highest BCUT2D eigenvalue weighted by Gasteiger charge is 2.23. The number of para-hydroxylation sites is 4. The molecule has 342 valence electrons. The van der Waals surface area contributed by atoms with E-state index in [1.165, 1.54) is 60.4 Å². The number of benzene rings is 11. The molecule has 12 aromatic rings. The quantitative estimate of drug-likeness (QED) is 0.135. The van der Waals surface area contributed by atoms with Crippen LogP contribution in [0, 0.1) is 13.8 Å². The summed E-state index contributed by atoms with van der Waals surface area (Å²) in [7, 11) is 0. The maximum atomic E-state index is 2.44. The Balaban J connectivity index is 0.00000270. The second-order valence-corrected chi connectivity index (χ2v) is 17.8. The molecule has 0 aliphatic rings. The van der Waals surface area contributed by atoms with E-state index in [2.05, 4.69) is 289 Å². The van der Waals surface area contributed by atoms with E-state index in [0.717, 1.165) is 56.5 Å². The van der Waals surface area contributed by atoms with Crippen LogP contribution in [0.4, 0.5) is 34.1 Å². The van der Waals surface area contributed by atoms with Gasteiger partial charge >= 0.3 is 0 Å². The van der Waals surface area contributed by atoms with E-state index in [9.17, 15) is 0 Å². The van der Waals surface area contributed by atoms with Gasteiger partial charge in [0.15, 0.2) is 0 Å². The smallest absolute Gasteiger partial charge is 0.0541 e. The zero-order chi connectivity index (χ0) is 48.3. The third kappa shape index (κ3) is 8.42. The van der Waals surface area contributed by atoms with Crippen LogP contribution < -0.4 is 9.80 Å². The first-order chi connectivity index (χ1) is 35.1. The number of aryl methyl sites for hydroxylation is 1. The monoisotopic (exact) mass is 913 g/mol. The van der Waals surface area contributed by atoms with Gasteiger partial charge in [0.2, 0.25) is 0 Å². The van der Waals surface area contributed by atoms with Crippen LogP contribution in [-0.4, -0.2) is 4.57 Å². The van der Waals surface area contributed by atoms with Gasteiger partial charge in [0.25, 0.3) is 0 Å². The second-order valence-electron chi connectivity index (χ2n) is 17.8. The van der Waals surface area contributed by atoms with E-state index in [-0.39, 0.29) is 0 Å². The van der Waals surface area contributed by atoms with Crippen LogP contribution in [-0.2, 0) is 0 Å². The van der Waals surface area contributed by atoms with Crippen molar-refractivity contribution in [3.8, 4) is 39.1 Å². The van der Waals surface area contributed by atoms with Crippen molar-refractivity contribution in [2.45, 2.75) is 27.7 Å². The van der Waals surface area contributed by atoms with Crippen LogP contribution in [0.2, 0.25) is 0 Å². The van der Waals surface area contributed by atoms with Crippen molar-refractivity contribution in [1.29, 1.82) is 0 Å². The molecular weight excluding hydrogens is 859 g/mol. The summed E-state index contributed by atoms with van der Waals surface area (Å²) in [4.78, 5) is 4.87. The van der Waals surface area contributed by atoms with E-state index < -0.39 is 0 Å². The highest BCUT2D eigenvalue weighted by Crippen LogP contribution is 2.47. The molecule has 0 aliphatic carbocycles. The molecule has 0 amide bonds. The van der Waals surface area contributed by atoms with Crippen molar-refractivity contribution in [3.63, 3.8) is 0 Å². The molecule has 0 aliphatic heterocycles. The molecule has 3 heteroatoms. The number of hydrogen-bond donors (Lipinski definition) is 0. The normalized spacial score (nSPS) is 11.1. The summed E-state index contributed by atoms with van der Waals surface area (Å²) >= 11 is 0. The number of nitrogens with zero attached hydrogens (tertiary/aromatic N) is 3. The molecule has 0 bridgehead atoms. The molecular formula is C68H55N3. The predicted octanol–water partition coefficient (Wildman–Crippen LogP) is 19.5. The Labute approximate surface area is 417 Å². The van der Waals surface area contributed by atoms with Crippen molar-refractivity contribution in [2.75, 3.05) is 9.80 Å². The third-order valence-corrected chi connectivity index (χ3v) is 13.7. The van der Waals surface area contributed by atoms with Gasteiger partial charge in [0, 0.05) is 50.3 Å². The fraction of sp³-hybridized carbons (Fsp3) is 0.0588. The van der Waals surface area contributed by atoms with Crippen LogP contribution >= 0.6 is 0 Å². The van der Waals surface area contributed by atoms with Gasteiger partial charge in [0.05, 0.1) is 16.7 Å². The molecule has 0 atom stereocenters. The Morgan fingerprint density at radius 1 is 0.310 bits per heavy atom. The molecule has 1 heterocycles. The van der Waals surface area contributed by atoms with Crippen LogP contribution in [0.15, 0.2) is 261 Å². The Morgan fingerprint density at radius 2 is 0.817 bits per heavy atom. The Kier molecular flexibility index (Phi) is 12.3. The number of rotatable bonds is 10. The first-order valence-electron chi connectivity index (χ1n) is 24.8.